The Kier molecular flexibility index (Phi) is 5.55. The summed E-state index contributed by atoms with van der Waals surface area (Å²) in [6.45, 7) is 3.18. The molecule has 30 heavy (non-hydrogen) atoms. The number of benzene rings is 2. The van der Waals surface area contributed by atoms with Crippen LogP contribution in [-0.2, 0) is 11.3 Å². The van der Waals surface area contributed by atoms with Gasteiger partial charge in [0.2, 0.25) is 5.91 Å². The number of carbonyl (C=O) groups is 1. The van der Waals surface area contributed by atoms with E-state index >= 15 is 0 Å². The maximum absolute atomic E-state index is 11.8. The van der Waals surface area contributed by atoms with Crippen molar-refractivity contribution in [2.24, 2.45) is 0 Å². The molecule has 1 aromatic heterocycles. The van der Waals surface area contributed by atoms with Crippen molar-refractivity contribution in [3.8, 4) is 0 Å². The van der Waals surface area contributed by atoms with Crippen LogP contribution >= 0.6 is 10.6 Å². The molecule has 2 aromatic carbocycles. The number of carbonyl (C=O) groups excluding carboxylic acids is 1. The van der Waals surface area contributed by atoms with E-state index in [2.05, 4.69) is 15.5 Å². The number of hydrogen-bond donors (Lipinski definition) is 4. The molecule has 0 unspecified atom stereocenters. The van der Waals surface area contributed by atoms with E-state index in [1.54, 1.807) is 13.1 Å². The largest absolute Gasteiger partial charge is 0.376 e. The van der Waals surface area contributed by atoms with E-state index in [-0.39, 0.29) is 18.2 Å². The number of nitrogens with one attached hydrogen (secondary N) is 2. The first-order valence-electron chi connectivity index (χ1n) is 9.82. The van der Waals surface area contributed by atoms with Crippen molar-refractivity contribution < 1.29 is 13.9 Å². The Hall–Kier alpha value is -2.81. The number of nitrogens with zero attached hydrogens (tertiary/aromatic N) is 2. The van der Waals surface area contributed by atoms with E-state index < -0.39 is 10.6 Å². The molecule has 4 N–H and O–H groups in total. The molecule has 0 saturated heterocycles. The van der Waals surface area contributed by atoms with Gasteiger partial charge in [-0.05, 0) is 30.7 Å². The lowest BCUT2D eigenvalue weighted by Crippen LogP contribution is -2.27. The van der Waals surface area contributed by atoms with Crippen LogP contribution in [0.5, 0.6) is 0 Å². The van der Waals surface area contributed by atoms with Gasteiger partial charge in [0.15, 0.2) is 0 Å². The molecule has 0 atom stereocenters. The fraction of sp³-hybridized carbons (Fsp3) is 0.273. The fourth-order valence-electron chi connectivity index (χ4n) is 3.68. The summed E-state index contributed by atoms with van der Waals surface area (Å²) in [4.78, 5) is 19.3. The van der Waals surface area contributed by atoms with Gasteiger partial charge in [-0.25, -0.2) is 4.98 Å². The SMILES string of the molecule is CNC(=O)CNc1cc(N2CCS(O)(O)c3ccccc3C2)nc2ccc(C)cc12. The second kappa shape index (κ2) is 8.14. The van der Waals surface area contributed by atoms with Crippen LogP contribution in [0, 0.1) is 6.92 Å². The summed E-state index contributed by atoms with van der Waals surface area (Å²) >= 11 is 0. The predicted molar refractivity (Wildman–Crippen MR) is 123 cm³/mol. The zero-order chi connectivity index (χ0) is 21.3. The second-order valence-corrected chi connectivity index (χ2v) is 9.66. The summed E-state index contributed by atoms with van der Waals surface area (Å²) in [5, 5.41) is 6.79. The van der Waals surface area contributed by atoms with Gasteiger partial charge in [0, 0.05) is 37.3 Å². The van der Waals surface area contributed by atoms with Gasteiger partial charge in [-0.2, -0.15) is 10.6 Å². The van der Waals surface area contributed by atoms with Crippen molar-refractivity contribution in [1.29, 1.82) is 0 Å². The maximum atomic E-state index is 11.8. The van der Waals surface area contributed by atoms with Crippen LogP contribution in [0.3, 0.4) is 0 Å². The number of amides is 1. The number of aromatic nitrogens is 1. The molecule has 1 aliphatic heterocycles. The first-order valence-corrected chi connectivity index (χ1v) is 11.5. The van der Waals surface area contributed by atoms with Crippen molar-refractivity contribution in [3.63, 3.8) is 0 Å². The highest BCUT2D eigenvalue weighted by Crippen LogP contribution is 2.51. The molecule has 1 aliphatic rings. The van der Waals surface area contributed by atoms with Crippen LogP contribution in [0.15, 0.2) is 53.4 Å². The Labute approximate surface area is 177 Å². The lowest BCUT2D eigenvalue weighted by atomic mass is 10.1. The standard InChI is InChI=1S/C22H26N4O3S/c1-15-7-8-18-17(11-15)19(24-13-22(27)23-2)12-21(25-18)26-9-10-30(28,29)20-6-4-3-5-16(20)14-26/h3-8,11-12,28-29H,9-10,13-14H2,1-2H3,(H,23,27)(H,24,25). The van der Waals surface area contributed by atoms with Crippen molar-refractivity contribution in [3.05, 3.63) is 59.7 Å². The molecule has 2 heterocycles. The van der Waals surface area contributed by atoms with Gasteiger partial charge >= 0.3 is 0 Å². The van der Waals surface area contributed by atoms with E-state index in [0.29, 0.717) is 18.0 Å². The van der Waals surface area contributed by atoms with Gasteiger partial charge in [0.05, 0.1) is 22.7 Å². The van der Waals surface area contributed by atoms with Gasteiger partial charge < -0.3 is 15.5 Å². The summed E-state index contributed by atoms with van der Waals surface area (Å²) in [7, 11) is -1.23. The van der Waals surface area contributed by atoms with Crippen LogP contribution in [0.25, 0.3) is 10.9 Å². The summed E-state index contributed by atoms with van der Waals surface area (Å²) in [6, 6.07) is 15.4. The van der Waals surface area contributed by atoms with Crippen LogP contribution in [0.1, 0.15) is 11.1 Å². The number of rotatable bonds is 4. The number of likely N-dealkylation sites (N-methyl/N-ethyl adjacent to an activating group) is 1. The number of aryl methyl sites for hydroxylation is 1. The highest BCUT2D eigenvalue weighted by Gasteiger charge is 2.26. The molecule has 4 rings (SSSR count). The zero-order valence-corrected chi connectivity index (χ0v) is 17.9. The van der Waals surface area contributed by atoms with Crippen molar-refractivity contribution in [2.75, 3.05) is 36.1 Å². The lowest BCUT2D eigenvalue weighted by molar-refractivity contribution is -0.118. The Balaban J connectivity index is 1.75. The number of fused-ring (bicyclic) bond motifs is 2. The van der Waals surface area contributed by atoms with Crippen LogP contribution < -0.4 is 15.5 Å². The summed E-state index contributed by atoms with van der Waals surface area (Å²) in [5.41, 5.74) is 3.64. The Morgan fingerprint density at radius 3 is 2.80 bits per heavy atom. The minimum atomic E-state index is -2.84. The molecule has 8 heteroatoms. The van der Waals surface area contributed by atoms with Crippen LogP contribution in [0.4, 0.5) is 11.5 Å². The van der Waals surface area contributed by atoms with Gasteiger partial charge in [0.1, 0.15) is 5.82 Å². The lowest BCUT2D eigenvalue weighted by Gasteiger charge is -2.32. The monoisotopic (exact) mass is 426 g/mol. The van der Waals surface area contributed by atoms with E-state index in [1.165, 1.54) is 0 Å². The molecule has 158 valence electrons. The second-order valence-electron chi connectivity index (χ2n) is 7.48. The molecule has 0 radical (unpaired) electrons. The summed E-state index contributed by atoms with van der Waals surface area (Å²) < 4.78 is 21.3. The highest BCUT2D eigenvalue weighted by molar-refractivity contribution is 8.24. The topological polar surface area (TPSA) is 97.7 Å². The normalized spacial score (nSPS) is 16.5. The average Bonchev–Trinajstić information content (AvgIpc) is 2.88. The smallest absolute Gasteiger partial charge is 0.239 e. The van der Waals surface area contributed by atoms with Gasteiger partial charge in [-0.1, -0.05) is 29.8 Å². The first-order chi connectivity index (χ1) is 14.4. The average molecular weight is 427 g/mol. The number of hydrogen-bond acceptors (Lipinski definition) is 6. The summed E-state index contributed by atoms with van der Waals surface area (Å²) in [5.74, 6) is 0.878. The van der Waals surface area contributed by atoms with Gasteiger partial charge in [-0.3, -0.25) is 13.9 Å². The molecule has 0 fully saturated rings. The number of anilines is 2. The molecule has 0 aliphatic carbocycles. The Morgan fingerprint density at radius 1 is 1.20 bits per heavy atom. The van der Waals surface area contributed by atoms with Crippen molar-refractivity contribution >= 4 is 38.9 Å². The third kappa shape index (κ3) is 4.07. The van der Waals surface area contributed by atoms with Gasteiger partial charge in [0.25, 0.3) is 0 Å². The van der Waals surface area contributed by atoms with Crippen LogP contribution in [0.2, 0.25) is 0 Å². The van der Waals surface area contributed by atoms with E-state index in [9.17, 15) is 13.9 Å². The van der Waals surface area contributed by atoms with Crippen molar-refractivity contribution in [1.82, 2.24) is 10.3 Å². The zero-order valence-electron chi connectivity index (χ0n) is 17.1. The fourth-order valence-corrected chi connectivity index (χ4v) is 5.22. The molecular formula is C22H26N4O3S. The van der Waals surface area contributed by atoms with Gasteiger partial charge in [-0.15, -0.1) is 0 Å². The third-order valence-electron chi connectivity index (χ3n) is 5.32. The third-order valence-corrected chi connectivity index (χ3v) is 7.18. The van der Waals surface area contributed by atoms with Crippen LogP contribution in [-0.4, -0.2) is 45.9 Å². The maximum Gasteiger partial charge on any atom is 0.239 e. The van der Waals surface area contributed by atoms with E-state index in [0.717, 1.165) is 33.5 Å². The molecule has 3 aromatic rings. The van der Waals surface area contributed by atoms with E-state index in [4.69, 9.17) is 4.98 Å². The van der Waals surface area contributed by atoms with Crippen molar-refractivity contribution in [2.45, 2.75) is 18.4 Å². The Bertz CT molecular complexity index is 1100. The molecular weight excluding hydrogens is 400 g/mol. The predicted octanol–water partition coefficient (Wildman–Crippen LogP) is 3.83. The minimum absolute atomic E-state index is 0.105. The molecule has 0 bridgehead atoms. The number of pyridine rings is 1. The molecule has 1 amide bonds. The minimum Gasteiger partial charge on any atom is -0.376 e. The molecule has 7 nitrogen and oxygen atoms in total. The molecule has 0 saturated carbocycles. The Morgan fingerprint density at radius 2 is 2.00 bits per heavy atom. The van der Waals surface area contributed by atoms with E-state index in [1.807, 2.05) is 49.4 Å². The summed E-state index contributed by atoms with van der Waals surface area (Å²) in [6.07, 6.45) is 0. The molecule has 0 spiro atoms. The quantitative estimate of drug-likeness (QED) is 0.506. The highest BCUT2D eigenvalue weighted by atomic mass is 32.3. The first kappa shape index (κ1) is 20.5.